The van der Waals surface area contributed by atoms with E-state index in [0.717, 1.165) is 30.2 Å². The molecule has 146 valence electrons. The molecule has 2 saturated heterocycles. The molecule has 4 fully saturated rings. The second kappa shape index (κ2) is 6.81. The van der Waals surface area contributed by atoms with E-state index in [1.54, 1.807) is 4.88 Å². The molecular weight excluding hydrogens is 350 g/mol. The van der Waals surface area contributed by atoms with Gasteiger partial charge in [-0.1, -0.05) is 13.8 Å². The molecule has 4 heteroatoms. The van der Waals surface area contributed by atoms with Crippen molar-refractivity contribution in [2.45, 2.75) is 90.6 Å². The maximum atomic E-state index is 4.91. The smallest absolute Gasteiger partial charge is 0.127 e. The number of aryl methyl sites for hydroxylation is 1. The van der Waals surface area contributed by atoms with E-state index in [1.807, 2.05) is 11.3 Å². The van der Waals surface area contributed by atoms with Crippen LogP contribution in [0.5, 0.6) is 0 Å². The van der Waals surface area contributed by atoms with Gasteiger partial charge in [-0.15, -0.1) is 11.3 Å². The zero-order chi connectivity index (χ0) is 18.6. The summed E-state index contributed by atoms with van der Waals surface area (Å²) in [5.74, 6) is 2.60. The Bertz CT molecular complexity index is 822. The van der Waals surface area contributed by atoms with Gasteiger partial charge < -0.3 is 0 Å². The van der Waals surface area contributed by atoms with Gasteiger partial charge in [0.15, 0.2) is 0 Å². The van der Waals surface area contributed by atoms with E-state index in [4.69, 9.17) is 9.97 Å². The van der Waals surface area contributed by atoms with Gasteiger partial charge in [-0.25, -0.2) is 9.97 Å². The highest BCUT2D eigenvalue weighted by atomic mass is 32.1. The van der Waals surface area contributed by atoms with Gasteiger partial charge in [-0.3, -0.25) is 4.90 Å². The fourth-order valence-electron chi connectivity index (χ4n) is 5.68. The fourth-order valence-corrected chi connectivity index (χ4v) is 6.95. The number of piperidine rings is 2. The van der Waals surface area contributed by atoms with Gasteiger partial charge in [0.25, 0.3) is 0 Å². The highest BCUT2D eigenvalue weighted by molar-refractivity contribution is 7.18. The van der Waals surface area contributed by atoms with Crippen LogP contribution in [0.1, 0.15) is 87.5 Å². The van der Waals surface area contributed by atoms with Crippen LogP contribution in [0.3, 0.4) is 0 Å². The maximum Gasteiger partial charge on any atom is 0.127 e. The lowest BCUT2D eigenvalue weighted by atomic mass is 9.73. The molecule has 0 amide bonds. The highest BCUT2D eigenvalue weighted by Gasteiger charge is 2.34. The molecule has 27 heavy (non-hydrogen) atoms. The van der Waals surface area contributed by atoms with E-state index in [-0.39, 0.29) is 0 Å². The summed E-state index contributed by atoms with van der Waals surface area (Å²) < 4.78 is 0. The first-order valence-electron chi connectivity index (χ1n) is 11.0. The van der Waals surface area contributed by atoms with E-state index in [9.17, 15) is 0 Å². The summed E-state index contributed by atoms with van der Waals surface area (Å²) in [6.07, 6.45) is 11.0. The summed E-state index contributed by atoms with van der Waals surface area (Å²) in [6, 6.07) is 3.25. The standard InChI is InChI=1S/C23H33N3S/c1-15-24-20(14-26-13-16-4-6-18(26)7-5-16)19-12-21(27-22(19)25-15)17-8-10-23(2,3)11-9-17/h12,16-18H,4-11,13-14H2,1-3H3. The largest absolute Gasteiger partial charge is 0.294 e. The van der Waals surface area contributed by atoms with Crippen molar-refractivity contribution >= 4 is 21.6 Å². The molecular formula is C23H33N3S. The predicted octanol–water partition coefficient (Wildman–Crippen LogP) is 6.06. The van der Waals surface area contributed by atoms with Crippen molar-refractivity contribution in [3.63, 3.8) is 0 Å². The second-order valence-corrected chi connectivity index (χ2v) is 11.2. The van der Waals surface area contributed by atoms with Crippen molar-refractivity contribution < 1.29 is 0 Å². The average Bonchev–Trinajstić information content (AvgIpc) is 3.06. The van der Waals surface area contributed by atoms with Crippen molar-refractivity contribution in [3.05, 3.63) is 22.5 Å². The van der Waals surface area contributed by atoms with Crippen molar-refractivity contribution in [1.29, 1.82) is 0 Å². The van der Waals surface area contributed by atoms with Crippen LogP contribution in [0, 0.1) is 18.3 Å². The molecule has 2 aliphatic heterocycles. The molecule has 0 unspecified atom stereocenters. The van der Waals surface area contributed by atoms with Crippen LogP contribution in [0.2, 0.25) is 0 Å². The summed E-state index contributed by atoms with van der Waals surface area (Å²) >= 11 is 1.94. The van der Waals surface area contributed by atoms with Crippen LogP contribution < -0.4 is 0 Å². The topological polar surface area (TPSA) is 29.0 Å². The number of hydrogen-bond acceptors (Lipinski definition) is 4. The van der Waals surface area contributed by atoms with Crippen LogP contribution in [-0.2, 0) is 6.54 Å². The van der Waals surface area contributed by atoms with E-state index >= 15 is 0 Å². The van der Waals surface area contributed by atoms with Gasteiger partial charge in [0.2, 0.25) is 0 Å². The lowest BCUT2D eigenvalue weighted by Gasteiger charge is -2.45. The molecule has 2 aromatic heterocycles. The lowest BCUT2D eigenvalue weighted by molar-refractivity contribution is 0.0419. The van der Waals surface area contributed by atoms with Crippen molar-refractivity contribution in [3.8, 4) is 0 Å². The Morgan fingerprint density at radius 2 is 1.81 bits per heavy atom. The second-order valence-electron chi connectivity index (χ2n) is 10.1. The van der Waals surface area contributed by atoms with Crippen molar-refractivity contribution in [1.82, 2.24) is 14.9 Å². The normalized spacial score (nSPS) is 28.9. The Hall–Kier alpha value is -1.00. The van der Waals surface area contributed by atoms with E-state index < -0.39 is 0 Å². The van der Waals surface area contributed by atoms with Gasteiger partial charge in [0.1, 0.15) is 10.7 Å². The lowest BCUT2D eigenvalue weighted by Crippen LogP contribution is -2.47. The van der Waals surface area contributed by atoms with Crippen LogP contribution in [0.25, 0.3) is 10.2 Å². The van der Waals surface area contributed by atoms with Gasteiger partial charge in [0, 0.05) is 29.4 Å². The Kier molecular flexibility index (Phi) is 4.55. The van der Waals surface area contributed by atoms with Crippen LogP contribution in [0.15, 0.2) is 6.07 Å². The number of nitrogens with zero attached hydrogens (tertiary/aromatic N) is 3. The van der Waals surface area contributed by atoms with Gasteiger partial charge in [-0.05, 0) is 81.6 Å². The predicted molar refractivity (Wildman–Crippen MR) is 113 cm³/mol. The number of thiophene rings is 1. The first-order valence-corrected chi connectivity index (χ1v) is 11.8. The van der Waals surface area contributed by atoms with Gasteiger partial charge in [0.05, 0.1) is 5.69 Å². The SMILES string of the molecule is Cc1nc(CN2CC3CCC2CC3)c2cc(C3CCC(C)(C)CC3)sc2n1. The Morgan fingerprint density at radius 1 is 1.07 bits per heavy atom. The third kappa shape index (κ3) is 3.55. The Balaban J connectivity index is 1.42. The number of fused-ring (bicyclic) bond motifs is 4. The monoisotopic (exact) mass is 383 g/mol. The number of rotatable bonds is 3. The molecule has 0 atom stereocenters. The van der Waals surface area contributed by atoms with Crippen LogP contribution >= 0.6 is 11.3 Å². The third-order valence-corrected chi connectivity index (χ3v) is 8.71. The zero-order valence-corrected chi connectivity index (χ0v) is 17.9. The summed E-state index contributed by atoms with van der Waals surface area (Å²) in [7, 11) is 0. The molecule has 6 rings (SSSR count). The molecule has 0 spiro atoms. The van der Waals surface area contributed by atoms with Gasteiger partial charge >= 0.3 is 0 Å². The summed E-state index contributed by atoms with van der Waals surface area (Å²) in [5, 5.41) is 1.34. The molecule has 0 aromatic carbocycles. The summed E-state index contributed by atoms with van der Waals surface area (Å²) in [5.41, 5.74) is 1.81. The minimum atomic E-state index is 0.530. The van der Waals surface area contributed by atoms with Crippen LogP contribution in [-0.4, -0.2) is 27.5 Å². The molecule has 0 N–H and O–H groups in total. The summed E-state index contributed by atoms with van der Waals surface area (Å²) in [4.78, 5) is 15.2. The van der Waals surface area contributed by atoms with Crippen molar-refractivity contribution in [2.75, 3.05) is 6.54 Å². The molecule has 0 radical (unpaired) electrons. The van der Waals surface area contributed by atoms with E-state index in [1.165, 1.54) is 73.8 Å². The number of hydrogen-bond donors (Lipinski definition) is 0. The molecule has 4 aliphatic rings. The number of aromatic nitrogens is 2. The zero-order valence-electron chi connectivity index (χ0n) is 17.1. The third-order valence-electron chi connectivity index (χ3n) is 7.52. The minimum Gasteiger partial charge on any atom is -0.294 e. The maximum absolute atomic E-state index is 4.91. The quantitative estimate of drug-likeness (QED) is 0.645. The van der Waals surface area contributed by atoms with E-state index in [0.29, 0.717) is 5.41 Å². The average molecular weight is 384 g/mol. The van der Waals surface area contributed by atoms with E-state index in [2.05, 4.69) is 31.7 Å². The molecule has 2 bridgehead atoms. The van der Waals surface area contributed by atoms with Crippen molar-refractivity contribution in [2.24, 2.45) is 11.3 Å². The molecule has 2 saturated carbocycles. The first kappa shape index (κ1) is 18.1. The Labute approximate surface area is 167 Å². The highest BCUT2D eigenvalue weighted by Crippen LogP contribution is 2.45. The van der Waals surface area contributed by atoms with Crippen LogP contribution in [0.4, 0.5) is 0 Å². The molecule has 2 aromatic rings. The minimum absolute atomic E-state index is 0.530. The summed E-state index contributed by atoms with van der Waals surface area (Å²) in [6.45, 7) is 9.22. The first-order chi connectivity index (χ1) is 13.0. The Morgan fingerprint density at radius 3 is 2.48 bits per heavy atom. The molecule has 3 nitrogen and oxygen atoms in total. The van der Waals surface area contributed by atoms with Gasteiger partial charge in [-0.2, -0.15) is 0 Å². The molecule has 2 aliphatic carbocycles. The molecule has 4 heterocycles. The fraction of sp³-hybridized carbons (Fsp3) is 0.739.